The minimum absolute atomic E-state index is 0.206. The molecule has 22 heavy (non-hydrogen) atoms. The summed E-state index contributed by atoms with van der Waals surface area (Å²) in [7, 11) is 0. The number of ether oxygens (including phenoxy) is 1. The number of anilines is 1. The maximum atomic E-state index is 11.8. The van der Waals surface area contributed by atoms with Crippen LogP contribution in [0.15, 0.2) is 48.7 Å². The van der Waals surface area contributed by atoms with Crippen LogP contribution >= 0.6 is 0 Å². The van der Waals surface area contributed by atoms with E-state index in [1.807, 2.05) is 37.3 Å². The predicted octanol–water partition coefficient (Wildman–Crippen LogP) is 3.83. The third-order valence-corrected chi connectivity index (χ3v) is 2.94. The number of nitrogens with one attached hydrogen (secondary N) is 1. The molecular formula is C18H20N2O2. The SMILES string of the molecule is CCCOc1ccc(/C=C/C(=O)Nc2ccc(C)cn2)cc1. The average molecular weight is 296 g/mol. The van der Waals surface area contributed by atoms with Gasteiger partial charge < -0.3 is 10.1 Å². The van der Waals surface area contributed by atoms with Crippen molar-refractivity contribution in [3.63, 3.8) is 0 Å². The first-order valence-electron chi connectivity index (χ1n) is 7.32. The molecule has 2 aromatic rings. The van der Waals surface area contributed by atoms with Gasteiger partial charge in [-0.1, -0.05) is 25.1 Å². The lowest BCUT2D eigenvalue weighted by Crippen LogP contribution is -2.08. The third kappa shape index (κ3) is 5.05. The predicted molar refractivity (Wildman–Crippen MR) is 88.9 cm³/mol. The molecule has 2 rings (SSSR count). The first kappa shape index (κ1) is 15.8. The van der Waals surface area contributed by atoms with Crippen molar-refractivity contribution in [2.45, 2.75) is 20.3 Å². The molecule has 0 unspecified atom stereocenters. The van der Waals surface area contributed by atoms with E-state index in [9.17, 15) is 4.79 Å². The van der Waals surface area contributed by atoms with Gasteiger partial charge in [0.2, 0.25) is 5.91 Å². The van der Waals surface area contributed by atoms with E-state index in [2.05, 4.69) is 17.2 Å². The summed E-state index contributed by atoms with van der Waals surface area (Å²) in [5.41, 5.74) is 2.00. The monoisotopic (exact) mass is 296 g/mol. The van der Waals surface area contributed by atoms with Crippen molar-refractivity contribution in [2.75, 3.05) is 11.9 Å². The van der Waals surface area contributed by atoms with Crippen LogP contribution in [0.2, 0.25) is 0 Å². The van der Waals surface area contributed by atoms with E-state index >= 15 is 0 Å². The topological polar surface area (TPSA) is 51.2 Å². The molecule has 1 aromatic carbocycles. The number of nitrogens with zero attached hydrogens (tertiary/aromatic N) is 1. The second kappa shape index (κ2) is 7.98. The fourth-order valence-electron chi connectivity index (χ4n) is 1.78. The second-order valence-corrected chi connectivity index (χ2v) is 4.96. The Morgan fingerprint density at radius 3 is 2.64 bits per heavy atom. The normalized spacial score (nSPS) is 10.6. The summed E-state index contributed by atoms with van der Waals surface area (Å²) in [6.07, 6.45) is 5.94. The number of aromatic nitrogens is 1. The fourth-order valence-corrected chi connectivity index (χ4v) is 1.78. The van der Waals surface area contributed by atoms with Crippen LogP contribution in [0.4, 0.5) is 5.82 Å². The Hall–Kier alpha value is -2.62. The molecular weight excluding hydrogens is 276 g/mol. The van der Waals surface area contributed by atoms with Gasteiger partial charge in [-0.15, -0.1) is 0 Å². The van der Waals surface area contributed by atoms with Crippen LogP contribution in [0.5, 0.6) is 5.75 Å². The minimum atomic E-state index is -0.206. The number of pyridine rings is 1. The molecule has 0 radical (unpaired) electrons. The van der Waals surface area contributed by atoms with Crippen LogP contribution in [-0.4, -0.2) is 17.5 Å². The summed E-state index contributed by atoms with van der Waals surface area (Å²) in [6.45, 7) is 4.73. The van der Waals surface area contributed by atoms with Crippen LogP contribution in [0.25, 0.3) is 6.08 Å². The lowest BCUT2D eigenvalue weighted by molar-refractivity contribution is -0.111. The molecule has 0 saturated carbocycles. The molecule has 1 amide bonds. The zero-order valence-corrected chi connectivity index (χ0v) is 12.9. The number of amides is 1. The number of carbonyl (C=O) groups excluding carboxylic acids is 1. The summed E-state index contributed by atoms with van der Waals surface area (Å²) < 4.78 is 5.51. The molecule has 4 heteroatoms. The zero-order valence-electron chi connectivity index (χ0n) is 12.9. The van der Waals surface area contributed by atoms with Gasteiger partial charge in [0.05, 0.1) is 6.61 Å². The van der Waals surface area contributed by atoms with Crippen molar-refractivity contribution in [1.82, 2.24) is 4.98 Å². The molecule has 0 atom stereocenters. The number of benzene rings is 1. The van der Waals surface area contributed by atoms with Crippen LogP contribution in [0, 0.1) is 6.92 Å². The van der Waals surface area contributed by atoms with Crippen molar-refractivity contribution < 1.29 is 9.53 Å². The highest BCUT2D eigenvalue weighted by atomic mass is 16.5. The molecule has 0 saturated heterocycles. The van der Waals surface area contributed by atoms with Crippen molar-refractivity contribution in [2.24, 2.45) is 0 Å². The Bertz CT molecular complexity index is 631. The number of carbonyl (C=O) groups is 1. The molecule has 1 N–H and O–H groups in total. The Kier molecular flexibility index (Phi) is 5.72. The number of hydrogen-bond donors (Lipinski definition) is 1. The Morgan fingerprint density at radius 2 is 2.00 bits per heavy atom. The summed E-state index contributed by atoms with van der Waals surface area (Å²) in [4.78, 5) is 15.9. The molecule has 0 aliphatic heterocycles. The standard InChI is InChI=1S/C18H20N2O2/c1-3-12-22-16-8-5-15(6-9-16)7-11-18(21)20-17-10-4-14(2)13-19-17/h4-11,13H,3,12H2,1-2H3,(H,19,20,21)/b11-7+. The van der Waals surface area contributed by atoms with Crippen LogP contribution in [0.3, 0.4) is 0 Å². The molecule has 1 heterocycles. The Labute approximate surface area is 130 Å². The molecule has 0 aliphatic carbocycles. The van der Waals surface area contributed by atoms with Gasteiger partial charge in [-0.3, -0.25) is 4.79 Å². The second-order valence-electron chi connectivity index (χ2n) is 4.96. The number of aryl methyl sites for hydroxylation is 1. The van der Waals surface area contributed by atoms with Crippen molar-refractivity contribution in [3.8, 4) is 5.75 Å². The Morgan fingerprint density at radius 1 is 1.23 bits per heavy atom. The smallest absolute Gasteiger partial charge is 0.249 e. The van der Waals surface area contributed by atoms with Gasteiger partial charge in [-0.2, -0.15) is 0 Å². The minimum Gasteiger partial charge on any atom is -0.494 e. The molecule has 1 aromatic heterocycles. The lowest BCUT2D eigenvalue weighted by atomic mass is 10.2. The lowest BCUT2D eigenvalue weighted by Gasteiger charge is -2.04. The first-order chi connectivity index (χ1) is 10.7. The number of hydrogen-bond acceptors (Lipinski definition) is 3. The molecule has 114 valence electrons. The highest BCUT2D eigenvalue weighted by molar-refractivity contribution is 6.01. The molecule has 0 spiro atoms. The van der Waals surface area contributed by atoms with Crippen LogP contribution < -0.4 is 10.1 Å². The van der Waals surface area contributed by atoms with Gasteiger partial charge in [-0.05, 0) is 48.7 Å². The van der Waals surface area contributed by atoms with Crippen molar-refractivity contribution >= 4 is 17.8 Å². The van der Waals surface area contributed by atoms with Gasteiger partial charge in [0.25, 0.3) is 0 Å². The van der Waals surface area contributed by atoms with E-state index < -0.39 is 0 Å². The highest BCUT2D eigenvalue weighted by Gasteiger charge is 1.99. The van der Waals surface area contributed by atoms with E-state index in [1.54, 1.807) is 18.3 Å². The first-order valence-corrected chi connectivity index (χ1v) is 7.32. The fraction of sp³-hybridized carbons (Fsp3) is 0.222. The zero-order chi connectivity index (χ0) is 15.8. The summed E-state index contributed by atoms with van der Waals surface area (Å²) in [5.74, 6) is 1.18. The molecule has 0 aliphatic rings. The van der Waals surface area contributed by atoms with E-state index in [0.717, 1.165) is 23.3 Å². The van der Waals surface area contributed by atoms with E-state index in [-0.39, 0.29) is 5.91 Å². The summed E-state index contributed by atoms with van der Waals surface area (Å²) in [5, 5.41) is 2.72. The maximum absolute atomic E-state index is 11.8. The molecule has 0 bridgehead atoms. The van der Waals surface area contributed by atoms with Gasteiger partial charge in [0.1, 0.15) is 11.6 Å². The van der Waals surface area contributed by atoms with Crippen LogP contribution in [-0.2, 0) is 4.79 Å². The van der Waals surface area contributed by atoms with E-state index in [1.165, 1.54) is 6.08 Å². The molecule has 4 nitrogen and oxygen atoms in total. The van der Waals surface area contributed by atoms with Gasteiger partial charge in [0, 0.05) is 12.3 Å². The van der Waals surface area contributed by atoms with Gasteiger partial charge in [0.15, 0.2) is 0 Å². The quantitative estimate of drug-likeness (QED) is 0.824. The number of rotatable bonds is 6. The van der Waals surface area contributed by atoms with Crippen LogP contribution in [0.1, 0.15) is 24.5 Å². The summed E-state index contributed by atoms with van der Waals surface area (Å²) in [6, 6.07) is 11.3. The highest BCUT2D eigenvalue weighted by Crippen LogP contribution is 2.13. The Balaban J connectivity index is 1.90. The van der Waals surface area contributed by atoms with Gasteiger partial charge >= 0.3 is 0 Å². The van der Waals surface area contributed by atoms with Gasteiger partial charge in [-0.25, -0.2) is 4.98 Å². The summed E-state index contributed by atoms with van der Waals surface area (Å²) >= 11 is 0. The molecule has 0 fully saturated rings. The van der Waals surface area contributed by atoms with E-state index in [0.29, 0.717) is 12.4 Å². The largest absolute Gasteiger partial charge is 0.494 e. The average Bonchev–Trinajstić information content (AvgIpc) is 2.54. The third-order valence-electron chi connectivity index (χ3n) is 2.94. The van der Waals surface area contributed by atoms with E-state index in [4.69, 9.17) is 4.74 Å². The van der Waals surface area contributed by atoms with Crippen molar-refractivity contribution in [3.05, 3.63) is 59.8 Å². The maximum Gasteiger partial charge on any atom is 0.249 e. The van der Waals surface area contributed by atoms with Crippen molar-refractivity contribution in [1.29, 1.82) is 0 Å².